The van der Waals surface area contributed by atoms with Crippen molar-refractivity contribution in [1.82, 2.24) is 5.32 Å². The van der Waals surface area contributed by atoms with Crippen molar-refractivity contribution in [3.05, 3.63) is 59.7 Å². The zero-order valence-electron chi connectivity index (χ0n) is 16.2. The minimum absolute atomic E-state index is 0.138. The molecule has 1 amide bonds. The lowest BCUT2D eigenvalue weighted by Gasteiger charge is -2.33. The molecule has 2 aromatic carbocycles. The molecule has 1 fully saturated rings. The van der Waals surface area contributed by atoms with Gasteiger partial charge in [0.25, 0.3) is 5.91 Å². The number of nitrogens with one attached hydrogen (secondary N) is 2. The summed E-state index contributed by atoms with van der Waals surface area (Å²) in [5, 5.41) is 2.81. The van der Waals surface area contributed by atoms with E-state index < -0.39 is 17.7 Å². The molecule has 1 saturated heterocycles. The van der Waals surface area contributed by atoms with Crippen molar-refractivity contribution >= 4 is 11.6 Å². The van der Waals surface area contributed by atoms with E-state index >= 15 is 0 Å². The fourth-order valence-electron chi connectivity index (χ4n) is 3.52. The highest BCUT2D eigenvalue weighted by atomic mass is 19.1. The van der Waals surface area contributed by atoms with E-state index in [1.807, 2.05) is 18.2 Å². The molecular weight excluding hydrogens is 364 g/mol. The fraction of sp³-hybridized carbons (Fsp3) is 0.381. The molecule has 0 spiro atoms. The summed E-state index contributed by atoms with van der Waals surface area (Å²) in [6, 6.07) is 10.8. The molecule has 5 nitrogen and oxygen atoms in total. The van der Waals surface area contributed by atoms with E-state index in [-0.39, 0.29) is 11.5 Å². The lowest BCUT2D eigenvalue weighted by Crippen LogP contribution is -3.15. The Morgan fingerprint density at radius 2 is 1.96 bits per heavy atom. The van der Waals surface area contributed by atoms with E-state index in [1.54, 1.807) is 14.0 Å². The number of benzene rings is 2. The maximum Gasteiger partial charge on any atom is 0.275 e. The van der Waals surface area contributed by atoms with Crippen LogP contribution in [0.15, 0.2) is 42.5 Å². The summed E-state index contributed by atoms with van der Waals surface area (Å²) in [4.78, 5) is 15.8. The number of anilines is 1. The Bertz CT molecular complexity index is 823. The Morgan fingerprint density at radius 3 is 2.64 bits per heavy atom. The van der Waals surface area contributed by atoms with Crippen molar-refractivity contribution in [2.45, 2.75) is 13.0 Å². The number of carbonyl (C=O) groups excluding carboxylic acids is 1. The third kappa shape index (κ3) is 4.98. The van der Waals surface area contributed by atoms with Crippen LogP contribution in [0.5, 0.6) is 5.75 Å². The Kier molecular flexibility index (Phi) is 6.46. The molecular formula is C21H26F2N3O2+. The molecule has 2 aromatic rings. The number of nitrogens with zero attached hydrogens (tertiary/aromatic N) is 1. The Morgan fingerprint density at radius 1 is 1.21 bits per heavy atom. The van der Waals surface area contributed by atoms with Gasteiger partial charge in [0, 0.05) is 23.4 Å². The highest BCUT2D eigenvalue weighted by Gasteiger charge is 2.24. The summed E-state index contributed by atoms with van der Waals surface area (Å²) in [5.74, 6) is -0.583. The molecule has 7 heteroatoms. The normalized spacial score (nSPS) is 15.9. The number of hydrogen-bond acceptors (Lipinski definition) is 3. The van der Waals surface area contributed by atoms with Crippen LogP contribution in [0.2, 0.25) is 0 Å². The van der Waals surface area contributed by atoms with E-state index in [0.29, 0.717) is 6.54 Å². The van der Waals surface area contributed by atoms with Gasteiger partial charge in [0.15, 0.2) is 6.54 Å². The monoisotopic (exact) mass is 390 g/mol. The molecule has 2 N–H and O–H groups in total. The molecule has 150 valence electrons. The SMILES string of the molecule is COc1cccc(N2CC[NH+](CC(=O)N[C@H](C)c3ccc(F)cc3F)CC2)c1. The van der Waals surface area contributed by atoms with Gasteiger partial charge in [0.2, 0.25) is 0 Å². The fourth-order valence-corrected chi connectivity index (χ4v) is 3.52. The van der Waals surface area contributed by atoms with E-state index in [4.69, 9.17) is 4.74 Å². The third-order valence-electron chi connectivity index (χ3n) is 5.11. The first-order valence-electron chi connectivity index (χ1n) is 9.43. The molecule has 0 saturated carbocycles. The van der Waals surface area contributed by atoms with Crippen LogP contribution in [-0.2, 0) is 4.79 Å². The Labute approximate surface area is 163 Å². The van der Waals surface area contributed by atoms with Gasteiger partial charge in [0.1, 0.15) is 17.4 Å². The van der Waals surface area contributed by atoms with E-state index in [1.165, 1.54) is 17.0 Å². The third-order valence-corrected chi connectivity index (χ3v) is 5.11. The van der Waals surface area contributed by atoms with Crippen molar-refractivity contribution in [2.24, 2.45) is 0 Å². The first-order valence-corrected chi connectivity index (χ1v) is 9.43. The lowest BCUT2D eigenvalue weighted by atomic mass is 10.1. The quantitative estimate of drug-likeness (QED) is 0.787. The van der Waals surface area contributed by atoms with E-state index in [2.05, 4.69) is 16.3 Å². The summed E-state index contributed by atoms with van der Waals surface area (Å²) in [6.45, 7) is 5.40. The smallest absolute Gasteiger partial charge is 0.275 e. The van der Waals surface area contributed by atoms with Crippen LogP contribution in [0.1, 0.15) is 18.5 Å². The molecule has 1 aliphatic rings. The highest BCUT2D eigenvalue weighted by molar-refractivity contribution is 5.77. The van der Waals surface area contributed by atoms with Gasteiger partial charge in [-0.1, -0.05) is 12.1 Å². The maximum absolute atomic E-state index is 13.9. The summed E-state index contributed by atoms with van der Waals surface area (Å²) < 4.78 is 32.2. The summed E-state index contributed by atoms with van der Waals surface area (Å²) in [6.07, 6.45) is 0. The number of hydrogen-bond donors (Lipinski definition) is 2. The van der Waals surface area contributed by atoms with Gasteiger partial charge in [-0.25, -0.2) is 8.78 Å². The van der Waals surface area contributed by atoms with Crippen molar-refractivity contribution in [1.29, 1.82) is 0 Å². The number of piperazine rings is 1. The second-order valence-electron chi connectivity index (χ2n) is 7.07. The second-order valence-corrected chi connectivity index (χ2v) is 7.07. The van der Waals surface area contributed by atoms with Crippen LogP contribution in [-0.4, -0.2) is 45.7 Å². The minimum atomic E-state index is -0.646. The average Bonchev–Trinajstić information content (AvgIpc) is 2.68. The van der Waals surface area contributed by atoms with Crippen LogP contribution in [0.4, 0.5) is 14.5 Å². The molecule has 0 unspecified atom stereocenters. The molecule has 0 aliphatic carbocycles. The van der Waals surface area contributed by atoms with E-state index in [9.17, 15) is 13.6 Å². The molecule has 1 atom stereocenters. The van der Waals surface area contributed by atoms with Crippen LogP contribution < -0.4 is 19.9 Å². The van der Waals surface area contributed by atoms with Gasteiger partial charge in [-0.15, -0.1) is 0 Å². The van der Waals surface area contributed by atoms with E-state index in [0.717, 1.165) is 43.7 Å². The number of ether oxygens (including phenoxy) is 1. The second kappa shape index (κ2) is 9.01. The van der Waals surface area contributed by atoms with Crippen LogP contribution in [0.3, 0.4) is 0 Å². The zero-order chi connectivity index (χ0) is 20.1. The Hall–Kier alpha value is -2.67. The molecule has 0 bridgehead atoms. The van der Waals surface area contributed by atoms with Gasteiger partial charge in [-0.05, 0) is 25.1 Å². The standard InChI is InChI=1S/C21H25F2N3O2/c1-15(19-7-6-16(22)12-20(19)23)24-21(27)14-25-8-10-26(11-9-25)17-4-3-5-18(13-17)28-2/h3-7,12-13,15H,8-11,14H2,1-2H3,(H,24,27)/p+1/t15-/m1/s1. The van der Waals surface area contributed by atoms with Gasteiger partial charge in [0.05, 0.1) is 39.3 Å². The minimum Gasteiger partial charge on any atom is -0.497 e. The number of carbonyl (C=O) groups is 1. The van der Waals surface area contributed by atoms with Crippen molar-refractivity contribution in [3.8, 4) is 5.75 Å². The number of halogens is 2. The largest absolute Gasteiger partial charge is 0.497 e. The predicted octanol–water partition coefficient (Wildman–Crippen LogP) is 1.56. The van der Waals surface area contributed by atoms with Crippen LogP contribution in [0, 0.1) is 11.6 Å². The summed E-state index contributed by atoms with van der Waals surface area (Å²) in [7, 11) is 1.65. The highest BCUT2D eigenvalue weighted by Crippen LogP contribution is 2.21. The van der Waals surface area contributed by atoms with Gasteiger partial charge < -0.3 is 19.9 Å². The molecule has 28 heavy (non-hydrogen) atoms. The number of methoxy groups -OCH3 is 1. The zero-order valence-corrected chi connectivity index (χ0v) is 16.2. The van der Waals surface area contributed by atoms with Gasteiger partial charge in [-0.3, -0.25) is 4.79 Å². The number of amides is 1. The number of rotatable bonds is 6. The van der Waals surface area contributed by atoms with Crippen LogP contribution in [0.25, 0.3) is 0 Å². The molecule has 0 aromatic heterocycles. The maximum atomic E-state index is 13.9. The molecule has 3 rings (SSSR count). The summed E-state index contributed by atoms with van der Waals surface area (Å²) >= 11 is 0. The topological polar surface area (TPSA) is 46.0 Å². The molecule has 0 radical (unpaired) electrons. The lowest BCUT2D eigenvalue weighted by molar-refractivity contribution is -0.892. The van der Waals surface area contributed by atoms with Crippen LogP contribution >= 0.6 is 0 Å². The first-order chi connectivity index (χ1) is 13.5. The van der Waals surface area contributed by atoms with Crippen molar-refractivity contribution < 1.29 is 23.2 Å². The first kappa shape index (κ1) is 20.1. The predicted molar refractivity (Wildman–Crippen MR) is 104 cm³/mol. The van der Waals surface area contributed by atoms with Gasteiger partial charge >= 0.3 is 0 Å². The average molecular weight is 390 g/mol. The molecule has 1 aliphatic heterocycles. The van der Waals surface area contributed by atoms with Crippen molar-refractivity contribution in [2.75, 3.05) is 44.7 Å². The van der Waals surface area contributed by atoms with Gasteiger partial charge in [-0.2, -0.15) is 0 Å². The molecule has 1 heterocycles. The van der Waals surface area contributed by atoms with Crippen molar-refractivity contribution in [3.63, 3.8) is 0 Å². The number of quaternary nitrogens is 1. The Balaban J connectivity index is 1.49. The summed E-state index contributed by atoms with van der Waals surface area (Å²) in [5.41, 5.74) is 1.40.